The number of rotatable bonds is 6. The molecule has 4 nitrogen and oxygen atoms in total. The maximum Gasteiger partial charge on any atom is 0.120 e. The Morgan fingerprint density at radius 1 is 1.30 bits per heavy atom. The summed E-state index contributed by atoms with van der Waals surface area (Å²) in [6.45, 7) is 7.04. The van der Waals surface area contributed by atoms with Gasteiger partial charge in [-0.3, -0.25) is 4.68 Å². The smallest absolute Gasteiger partial charge is 0.120 e. The third kappa shape index (κ3) is 3.39. The SMILES string of the molecule is CCn1cc(C(NC)c2cccc(OC(C)C)c2)cn1. The van der Waals surface area contributed by atoms with Crippen molar-refractivity contribution in [2.24, 2.45) is 0 Å². The average molecular weight is 273 g/mol. The predicted octanol–water partition coefficient (Wildman–Crippen LogP) is 3.00. The van der Waals surface area contributed by atoms with Crippen molar-refractivity contribution in [2.75, 3.05) is 7.05 Å². The Hall–Kier alpha value is -1.81. The summed E-state index contributed by atoms with van der Waals surface area (Å²) in [5, 5.41) is 7.69. The second-order valence-corrected chi connectivity index (χ2v) is 5.09. The van der Waals surface area contributed by atoms with Gasteiger partial charge < -0.3 is 10.1 Å². The molecule has 1 aromatic carbocycles. The Labute approximate surface area is 120 Å². The van der Waals surface area contributed by atoms with Crippen LogP contribution in [0.5, 0.6) is 5.75 Å². The molecule has 1 N–H and O–H groups in total. The zero-order valence-corrected chi connectivity index (χ0v) is 12.6. The summed E-state index contributed by atoms with van der Waals surface area (Å²) in [6.07, 6.45) is 4.18. The molecule has 0 aliphatic carbocycles. The summed E-state index contributed by atoms with van der Waals surface area (Å²) in [4.78, 5) is 0. The summed E-state index contributed by atoms with van der Waals surface area (Å²) in [5.41, 5.74) is 2.34. The van der Waals surface area contributed by atoms with E-state index in [1.807, 2.05) is 43.9 Å². The molecular weight excluding hydrogens is 250 g/mol. The van der Waals surface area contributed by atoms with E-state index < -0.39 is 0 Å². The van der Waals surface area contributed by atoms with Gasteiger partial charge >= 0.3 is 0 Å². The van der Waals surface area contributed by atoms with Gasteiger partial charge in [-0.25, -0.2) is 0 Å². The van der Waals surface area contributed by atoms with Crippen LogP contribution < -0.4 is 10.1 Å². The number of nitrogens with one attached hydrogen (secondary N) is 1. The van der Waals surface area contributed by atoms with Gasteiger partial charge in [-0.2, -0.15) is 5.10 Å². The van der Waals surface area contributed by atoms with Crippen molar-refractivity contribution in [1.29, 1.82) is 0 Å². The number of aryl methyl sites for hydroxylation is 1. The lowest BCUT2D eigenvalue weighted by molar-refractivity contribution is 0.242. The Kier molecular flexibility index (Phi) is 4.79. The molecule has 2 rings (SSSR count). The van der Waals surface area contributed by atoms with Crippen molar-refractivity contribution in [2.45, 2.75) is 39.5 Å². The first kappa shape index (κ1) is 14.6. The molecule has 0 radical (unpaired) electrons. The molecule has 0 spiro atoms. The number of benzene rings is 1. The first-order valence-corrected chi connectivity index (χ1v) is 7.10. The maximum atomic E-state index is 5.76. The summed E-state index contributed by atoms with van der Waals surface area (Å²) < 4.78 is 7.70. The highest BCUT2D eigenvalue weighted by Crippen LogP contribution is 2.25. The first-order valence-electron chi connectivity index (χ1n) is 7.10. The van der Waals surface area contributed by atoms with Crippen molar-refractivity contribution in [1.82, 2.24) is 15.1 Å². The largest absolute Gasteiger partial charge is 0.491 e. The molecule has 0 bridgehead atoms. The minimum absolute atomic E-state index is 0.131. The molecule has 1 unspecified atom stereocenters. The van der Waals surface area contributed by atoms with E-state index in [0.717, 1.165) is 17.9 Å². The topological polar surface area (TPSA) is 39.1 Å². The number of hydrogen-bond donors (Lipinski definition) is 1. The van der Waals surface area contributed by atoms with Crippen LogP contribution in [0.2, 0.25) is 0 Å². The van der Waals surface area contributed by atoms with Crippen LogP contribution in [-0.2, 0) is 6.54 Å². The van der Waals surface area contributed by atoms with E-state index in [1.165, 1.54) is 5.56 Å². The van der Waals surface area contributed by atoms with Gasteiger partial charge in [0.1, 0.15) is 5.75 Å². The standard InChI is InChI=1S/C16H23N3O/c1-5-19-11-14(10-18-19)16(17-4)13-7-6-8-15(9-13)20-12(2)3/h6-12,16-17H,5H2,1-4H3. The van der Waals surface area contributed by atoms with Gasteiger partial charge in [0.15, 0.2) is 0 Å². The second kappa shape index (κ2) is 6.57. The van der Waals surface area contributed by atoms with Gasteiger partial charge in [-0.1, -0.05) is 12.1 Å². The lowest BCUT2D eigenvalue weighted by Crippen LogP contribution is -2.17. The van der Waals surface area contributed by atoms with Gasteiger partial charge in [0.05, 0.1) is 18.3 Å². The lowest BCUT2D eigenvalue weighted by Gasteiger charge is -2.17. The highest BCUT2D eigenvalue weighted by Gasteiger charge is 2.14. The second-order valence-electron chi connectivity index (χ2n) is 5.09. The Balaban J connectivity index is 2.26. The van der Waals surface area contributed by atoms with Gasteiger partial charge in [0.2, 0.25) is 0 Å². The Bertz CT molecular complexity index is 548. The highest BCUT2D eigenvalue weighted by atomic mass is 16.5. The molecule has 0 aliphatic rings. The van der Waals surface area contributed by atoms with Crippen molar-refractivity contribution < 1.29 is 4.74 Å². The number of ether oxygens (including phenoxy) is 1. The Morgan fingerprint density at radius 2 is 2.10 bits per heavy atom. The van der Waals surface area contributed by atoms with Crippen molar-refractivity contribution in [3.8, 4) is 5.75 Å². The van der Waals surface area contributed by atoms with Crippen molar-refractivity contribution in [3.05, 3.63) is 47.8 Å². The fourth-order valence-electron chi connectivity index (χ4n) is 2.27. The molecule has 0 fully saturated rings. The summed E-state index contributed by atoms with van der Waals surface area (Å²) in [7, 11) is 1.96. The summed E-state index contributed by atoms with van der Waals surface area (Å²) in [5.74, 6) is 0.903. The number of nitrogens with zero attached hydrogens (tertiary/aromatic N) is 2. The zero-order valence-electron chi connectivity index (χ0n) is 12.6. The maximum absolute atomic E-state index is 5.76. The van der Waals surface area contributed by atoms with E-state index in [4.69, 9.17) is 4.74 Å². The molecule has 4 heteroatoms. The van der Waals surface area contributed by atoms with E-state index in [9.17, 15) is 0 Å². The van der Waals surface area contributed by atoms with Crippen LogP contribution in [0, 0.1) is 0 Å². The third-order valence-electron chi connectivity index (χ3n) is 3.16. The van der Waals surface area contributed by atoms with Crippen LogP contribution in [0.15, 0.2) is 36.7 Å². The minimum Gasteiger partial charge on any atom is -0.491 e. The third-order valence-corrected chi connectivity index (χ3v) is 3.16. The minimum atomic E-state index is 0.131. The van der Waals surface area contributed by atoms with Crippen LogP contribution >= 0.6 is 0 Å². The van der Waals surface area contributed by atoms with Gasteiger partial charge in [0, 0.05) is 18.3 Å². The van der Waals surface area contributed by atoms with Crippen LogP contribution in [0.1, 0.15) is 37.9 Å². The average Bonchev–Trinajstić information content (AvgIpc) is 2.88. The van der Waals surface area contributed by atoms with Crippen LogP contribution in [0.25, 0.3) is 0 Å². The van der Waals surface area contributed by atoms with Crippen LogP contribution in [0.3, 0.4) is 0 Å². The molecule has 0 saturated heterocycles. The molecule has 0 saturated carbocycles. The van der Waals surface area contributed by atoms with E-state index in [-0.39, 0.29) is 12.1 Å². The monoisotopic (exact) mass is 273 g/mol. The fraction of sp³-hybridized carbons (Fsp3) is 0.438. The zero-order chi connectivity index (χ0) is 14.5. The normalized spacial score (nSPS) is 12.7. The highest BCUT2D eigenvalue weighted by molar-refractivity contribution is 5.35. The molecule has 0 amide bonds. The van der Waals surface area contributed by atoms with Crippen molar-refractivity contribution >= 4 is 0 Å². The number of hydrogen-bond acceptors (Lipinski definition) is 3. The molecule has 20 heavy (non-hydrogen) atoms. The molecule has 1 atom stereocenters. The Morgan fingerprint density at radius 3 is 2.70 bits per heavy atom. The molecular formula is C16H23N3O. The molecule has 1 heterocycles. The van der Waals surface area contributed by atoms with Crippen LogP contribution in [-0.4, -0.2) is 22.9 Å². The lowest BCUT2D eigenvalue weighted by atomic mass is 10.0. The summed E-state index contributed by atoms with van der Waals surface area (Å²) in [6, 6.07) is 8.35. The molecule has 1 aromatic heterocycles. The quantitative estimate of drug-likeness (QED) is 0.879. The van der Waals surface area contributed by atoms with Crippen molar-refractivity contribution in [3.63, 3.8) is 0 Å². The predicted molar refractivity (Wildman–Crippen MR) is 81.0 cm³/mol. The van der Waals surface area contributed by atoms with E-state index >= 15 is 0 Å². The summed E-state index contributed by atoms with van der Waals surface area (Å²) >= 11 is 0. The molecule has 2 aromatic rings. The van der Waals surface area contributed by atoms with E-state index in [0.29, 0.717) is 0 Å². The molecule has 0 aliphatic heterocycles. The first-order chi connectivity index (χ1) is 9.63. The van der Waals surface area contributed by atoms with Crippen LogP contribution in [0.4, 0.5) is 0 Å². The van der Waals surface area contributed by atoms with Gasteiger partial charge in [-0.05, 0) is 45.5 Å². The van der Waals surface area contributed by atoms with Gasteiger partial charge in [0.25, 0.3) is 0 Å². The van der Waals surface area contributed by atoms with Gasteiger partial charge in [-0.15, -0.1) is 0 Å². The number of aromatic nitrogens is 2. The van der Waals surface area contributed by atoms with E-state index in [2.05, 4.69) is 35.7 Å². The molecule has 108 valence electrons. The van der Waals surface area contributed by atoms with E-state index in [1.54, 1.807) is 0 Å². The fourth-order valence-corrected chi connectivity index (χ4v) is 2.27.